The summed E-state index contributed by atoms with van der Waals surface area (Å²) in [6.45, 7) is 1.88. The molecule has 0 saturated heterocycles. The number of ether oxygens (including phenoxy) is 2. The third-order valence-corrected chi connectivity index (χ3v) is 7.61. The molecule has 234 valence electrons. The fourth-order valence-corrected chi connectivity index (χ4v) is 5.21. The van der Waals surface area contributed by atoms with Crippen LogP contribution in [0, 0.1) is 30.1 Å². The molecule has 6 rings (SSSR count). The highest BCUT2D eigenvalue weighted by molar-refractivity contribution is 5.80. The molecule has 3 heterocycles. The minimum absolute atomic E-state index is 0.132. The molecule has 9 nitrogen and oxygen atoms in total. The summed E-state index contributed by atoms with van der Waals surface area (Å²) in [5.41, 5.74) is 13.8. The van der Waals surface area contributed by atoms with E-state index in [4.69, 9.17) is 15.2 Å². The Hall–Kier alpha value is -6.78. The topological polar surface area (TPSA) is 132 Å². The highest BCUT2D eigenvalue weighted by Crippen LogP contribution is 2.36. The molecule has 0 aliphatic heterocycles. The van der Waals surface area contributed by atoms with Gasteiger partial charge in [0.15, 0.2) is 5.56 Å². The van der Waals surface area contributed by atoms with E-state index in [0.29, 0.717) is 56.3 Å². The number of nitriles is 1. The van der Waals surface area contributed by atoms with Crippen LogP contribution >= 0.6 is 0 Å². The van der Waals surface area contributed by atoms with Gasteiger partial charge >= 0.3 is 11.8 Å². The number of halogens is 1. The zero-order valence-corrected chi connectivity index (χ0v) is 26.2. The van der Waals surface area contributed by atoms with E-state index in [0.717, 1.165) is 16.7 Å². The summed E-state index contributed by atoms with van der Waals surface area (Å²) in [6.07, 6.45) is 1.59. The number of nitrogen functional groups attached to an aromatic ring is 1. The Bertz CT molecular complexity index is 2250. The van der Waals surface area contributed by atoms with E-state index >= 15 is 0 Å². The first-order valence-electron chi connectivity index (χ1n) is 14.7. The highest BCUT2D eigenvalue weighted by Gasteiger charge is 2.21. The van der Waals surface area contributed by atoms with E-state index in [2.05, 4.69) is 31.9 Å². The molecule has 0 unspecified atom stereocenters. The Morgan fingerprint density at radius 1 is 0.771 bits per heavy atom. The summed E-state index contributed by atoms with van der Waals surface area (Å²) in [7, 11) is 2.97. The van der Waals surface area contributed by atoms with Crippen molar-refractivity contribution < 1.29 is 19.0 Å². The van der Waals surface area contributed by atoms with E-state index in [1.165, 1.54) is 26.4 Å². The molecule has 0 spiro atoms. The van der Waals surface area contributed by atoms with Crippen LogP contribution in [0.15, 0.2) is 97.2 Å². The number of aromatic hydroxyl groups is 1. The summed E-state index contributed by atoms with van der Waals surface area (Å²) in [5.74, 6) is 0.207. The average Bonchev–Trinajstić information content (AvgIpc) is 3.11. The Balaban J connectivity index is 1.43. The van der Waals surface area contributed by atoms with Crippen LogP contribution in [0.4, 0.5) is 15.8 Å². The number of anilines is 1. The summed E-state index contributed by atoms with van der Waals surface area (Å²) in [6, 6.07) is 30.7. The van der Waals surface area contributed by atoms with Gasteiger partial charge in [0.1, 0.15) is 29.4 Å². The summed E-state index contributed by atoms with van der Waals surface area (Å²) in [5, 5.41) is 19.7. The molecule has 3 aromatic heterocycles. The quantitative estimate of drug-likeness (QED) is 0.175. The van der Waals surface area contributed by atoms with Gasteiger partial charge in [-0.1, -0.05) is 24.3 Å². The van der Waals surface area contributed by atoms with Gasteiger partial charge in [-0.2, -0.15) is 5.26 Å². The van der Waals surface area contributed by atoms with E-state index in [1.54, 1.807) is 60.8 Å². The predicted molar refractivity (Wildman–Crippen MR) is 183 cm³/mol. The van der Waals surface area contributed by atoms with Gasteiger partial charge in [0.25, 0.3) is 0 Å². The van der Waals surface area contributed by atoms with Gasteiger partial charge in [-0.15, -0.1) is 0 Å². The number of hydrogen-bond acceptors (Lipinski definition) is 8. The molecule has 0 aliphatic rings. The second-order valence-electron chi connectivity index (χ2n) is 10.7. The van der Waals surface area contributed by atoms with Crippen LogP contribution < -0.4 is 15.2 Å². The van der Waals surface area contributed by atoms with E-state index < -0.39 is 0 Å². The van der Waals surface area contributed by atoms with Crippen molar-refractivity contribution in [2.75, 3.05) is 20.0 Å². The fourth-order valence-electron chi connectivity index (χ4n) is 5.21. The van der Waals surface area contributed by atoms with Crippen molar-refractivity contribution >= 4 is 11.4 Å². The van der Waals surface area contributed by atoms with Gasteiger partial charge in [0, 0.05) is 28.4 Å². The molecule has 6 aromatic rings. The van der Waals surface area contributed by atoms with Crippen LogP contribution in [0.1, 0.15) is 16.7 Å². The molecule has 3 N–H and O–H groups in total. The van der Waals surface area contributed by atoms with Gasteiger partial charge in [0.2, 0.25) is 11.8 Å². The maximum Gasteiger partial charge on any atom is 0.359 e. The van der Waals surface area contributed by atoms with Crippen molar-refractivity contribution in [3.05, 3.63) is 125 Å². The first-order valence-corrected chi connectivity index (χ1v) is 14.7. The van der Waals surface area contributed by atoms with Gasteiger partial charge in [0.05, 0.1) is 31.3 Å². The SMILES string of the molecule is COc1nc(-c2ccc(O)cc2)cc(-c2ccc(F)cc2)c1C#[N+]c1cnc(-c2cc(-c3ccc(N)cc3)c(C#N)c(OC)n2)c(C)c1. The standard InChI is InChI=1S/C38H27FN6O3/c1-22-16-28(20-43-36(22)35-18-30(24-6-12-27(41)13-7-24)32(19-40)37(45-35)47-2)42-21-33-31(23-4-10-26(39)11-5-23)17-34(44-38(33)48-3)25-8-14-29(46)15-9-25/h4-18,20H,1-3H3,(H2,41,45)/p+1. The van der Waals surface area contributed by atoms with Crippen LogP contribution in [0.5, 0.6) is 17.5 Å². The minimum Gasteiger partial charge on any atom is -0.508 e. The minimum atomic E-state index is -0.366. The Labute approximate surface area is 276 Å². The van der Waals surface area contributed by atoms with Gasteiger partial charge in [-0.3, -0.25) is 0 Å². The molecule has 0 saturated carbocycles. The van der Waals surface area contributed by atoms with Gasteiger partial charge < -0.3 is 20.3 Å². The zero-order valence-electron chi connectivity index (χ0n) is 26.2. The smallest absolute Gasteiger partial charge is 0.359 e. The van der Waals surface area contributed by atoms with Gasteiger partial charge in [-0.05, 0) is 89.1 Å². The Morgan fingerprint density at radius 3 is 1.96 bits per heavy atom. The lowest BCUT2D eigenvalue weighted by Gasteiger charge is -2.12. The maximum atomic E-state index is 13.9. The lowest BCUT2D eigenvalue weighted by atomic mass is 9.98. The van der Waals surface area contributed by atoms with Crippen molar-refractivity contribution in [2.45, 2.75) is 6.92 Å². The monoisotopic (exact) mass is 635 g/mol. The molecular weight excluding hydrogens is 607 g/mol. The molecule has 0 fully saturated rings. The van der Waals surface area contributed by atoms with Gasteiger partial charge in [-0.25, -0.2) is 19.3 Å². The average molecular weight is 636 g/mol. The molecule has 0 atom stereocenters. The number of nitrogens with two attached hydrogens (primary N) is 1. The first-order chi connectivity index (χ1) is 23.3. The van der Waals surface area contributed by atoms with Crippen molar-refractivity contribution in [3.8, 4) is 74.5 Å². The van der Waals surface area contributed by atoms with Crippen molar-refractivity contribution in [1.82, 2.24) is 15.0 Å². The predicted octanol–water partition coefficient (Wildman–Crippen LogP) is 8.18. The normalized spacial score (nSPS) is 10.5. The maximum absolute atomic E-state index is 13.9. The number of pyridine rings is 3. The molecule has 3 aromatic carbocycles. The van der Waals surface area contributed by atoms with Crippen LogP contribution in [0.3, 0.4) is 0 Å². The molecule has 0 aliphatic carbocycles. The number of aromatic nitrogens is 3. The Morgan fingerprint density at radius 2 is 1.33 bits per heavy atom. The summed E-state index contributed by atoms with van der Waals surface area (Å²) in [4.78, 5) is 18.5. The largest absolute Gasteiger partial charge is 0.508 e. The van der Waals surface area contributed by atoms with Crippen LogP contribution in [-0.4, -0.2) is 34.3 Å². The van der Waals surface area contributed by atoms with Crippen molar-refractivity contribution in [3.63, 3.8) is 0 Å². The number of benzene rings is 3. The van der Waals surface area contributed by atoms with E-state index in [-0.39, 0.29) is 23.3 Å². The van der Waals surface area contributed by atoms with Crippen molar-refractivity contribution in [2.24, 2.45) is 0 Å². The molecule has 0 bridgehead atoms. The summed E-state index contributed by atoms with van der Waals surface area (Å²) < 4.78 is 25.0. The number of nitrogens with zero attached hydrogens (tertiary/aromatic N) is 5. The highest BCUT2D eigenvalue weighted by atomic mass is 19.1. The lowest BCUT2D eigenvalue weighted by molar-refractivity contribution is 0.397. The Kier molecular flexibility index (Phi) is 8.64. The zero-order chi connectivity index (χ0) is 33.8. The molecule has 0 amide bonds. The van der Waals surface area contributed by atoms with Crippen LogP contribution in [0.25, 0.3) is 49.7 Å². The summed E-state index contributed by atoms with van der Waals surface area (Å²) >= 11 is 0. The second kappa shape index (κ2) is 13.3. The van der Waals surface area contributed by atoms with Crippen LogP contribution in [-0.2, 0) is 0 Å². The molecule has 0 radical (unpaired) electrons. The van der Waals surface area contributed by atoms with E-state index in [1.807, 2.05) is 31.2 Å². The van der Waals surface area contributed by atoms with Crippen molar-refractivity contribution in [1.29, 1.82) is 5.26 Å². The number of phenolic OH excluding ortho intramolecular Hbond substituents is 1. The molecular formula is C38H28FN6O3+. The number of rotatable bonds is 6. The number of aryl methyl sites for hydroxylation is 1. The number of methoxy groups -OCH3 is 2. The number of hydrogen-bond donors (Lipinski definition) is 2. The number of phenols is 1. The third kappa shape index (κ3) is 6.32. The second-order valence-corrected chi connectivity index (χ2v) is 10.7. The molecule has 48 heavy (non-hydrogen) atoms. The third-order valence-electron chi connectivity index (χ3n) is 7.61. The lowest BCUT2D eigenvalue weighted by Crippen LogP contribution is -1.99. The van der Waals surface area contributed by atoms with E-state index in [9.17, 15) is 14.8 Å². The fraction of sp³-hybridized carbons (Fsp3) is 0.0789. The first kappa shape index (κ1) is 31.2. The molecule has 10 heteroatoms. The van der Waals surface area contributed by atoms with Crippen LogP contribution in [0.2, 0.25) is 0 Å².